The number of esters is 1. The summed E-state index contributed by atoms with van der Waals surface area (Å²) in [5.41, 5.74) is 0.116. The molecule has 0 bridgehead atoms. The van der Waals surface area contributed by atoms with E-state index in [-0.39, 0.29) is 18.0 Å². The lowest BCUT2D eigenvalue weighted by atomic mass is 10.3. The van der Waals surface area contributed by atoms with Crippen molar-refractivity contribution in [3.63, 3.8) is 0 Å². The average Bonchev–Trinajstić information content (AvgIpc) is 2.72. The lowest BCUT2D eigenvalue weighted by Crippen LogP contribution is -2.18. The van der Waals surface area contributed by atoms with Crippen LogP contribution < -0.4 is 5.32 Å². The quantitative estimate of drug-likeness (QED) is 0.547. The summed E-state index contributed by atoms with van der Waals surface area (Å²) in [4.78, 5) is 21.3. The van der Waals surface area contributed by atoms with Crippen molar-refractivity contribution in [2.24, 2.45) is 0 Å². The highest BCUT2D eigenvalue weighted by Crippen LogP contribution is 2.07. The highest BCUT2D eigenvalue weighted by atomic mass is 16.5. The molecular weight excluding hydrogens is 214 g/mol. The Kier molecular flexibility index (Phi) is 4.53. The molecular formula is C10H13NO5. The summed E-state index contributed by atoms with van der Waals surface area (Å²) in [5.74, 6) is -0.801. The van der Waals surface area contributed by atoms with Gasteiger partial charge in [0.05, 0.1) is 25.6 Å². The van der Waals surface area contributed by atoms with E-state index >= 15 is 0 Å². The molecule has 0 fully saturated rings. The first kappa shape index (κ1) is 12.3. The summed E-state index contributed by atoms with van der Waals surface area (Å²) < 4.78 is 9.46. The number of nitrogens with one attached hydrogen (secondary N) is 1. The van der Waals surface area contributed by atoms with Crippen molar-refractivity contribution in [2.75, 3.05) is 13.7 Å². The van der Waals surface area contributed by atoms with Crippen LogP contribution in [0.1, 0.15) is 22.5 Å². The third kappa shape index (κ3) is 3.74. The van der Waals surface area contributed by atoms with Crippen LogP contribution in [0.3, 0.4) is 0 Å². The van der Waals surface area contributed by atoms with E-state index in [1.165, 1.54) is 19.4 Å². The average molecular weight is 227 g/mol. The number of carbonyl (C=O) groups excluding carboxylic acids is 1. The van der Waals surface area contributed by atoms with Gasteiger partial charge in [0.15, 0.2) is 0 Å². The van der Waals surface area contributed by atoms with Gasteiger partial charge in [-0.05, 0) is 6.07 Å². The smallest absolute Gasteiger partial charge is 0.338 e. The molecule has 88 valence electrons. The normalized spacial score (nSPS) is 10.1. The van der Waals surface area contributed by atoms with E-state index in [1.54, 1.807) is 0 Å². The molecule has 0 aliphatic heterocycles. The molecule has 0 amide bonds. The predicted octanol–water partition coefficient (Wildman–Crippen LogP) is 0.630. The molecule has 1 aromatic heterocycles. The van der Waals surface area contributed by atoms with Gasteiger partial charge in [-0.1, -0.05) is 0 Å². The molecule has 0 aliphatic carbocycles. The van der Waals surface area contributed by atoms with Crippen LogP contribution in [0.2, 0.25) is 0 Å². The minimum Gasteiger partial charge on any atom is -0.478 e. The van der Waals surface area contributed by atoms with Crippen molar-refractivity contribution in [3.05, 3.63) is 23.7 Å². The lowest BCUT2D eigenvalue weighted by molar-refractivity contribution is -0.140. The van der Waals surface area contributed by atoms with Gasteiger partial charge in [-0.25, -0.2) is 4.79 Å². The highest BCUT2D eigenvalue weighted by Gasteiger charge is 2.07. The summed E-state index contributed by atoms with van der Waals surface area (Å²) in [5, 5.41) is 11.6. The molecule has 6 nitrogen and oxygen atoms in total. The van der Waals surface area contributed by atoms with Crippen molar-refractivity contribution in [1.82, 2.24) is 5.32 Å². The molecule has 0 aliphatic rings. The van der Waals surface area contributed by atoms with Gasteiger partial charge in [0.25, 0.3) is 0 Å². The molecule has 0 atom stereocenters. The van der Waals surface area contributed by atoms with Crippen LogP contribution in [-0.4, -0.2) is 30.7 Å². The Morgan fingerprint density at radius 3 is 2.88 bits per heavy atom. The van der Waals surface area contributed by atoms with Gasteiger partial charge in [0.2, 0.25) is 0 Å². The third-order valence-corrected chi connectivity index (χ3v) is 1.93. The number of carboxylic acids is 1. The number of carbonyl (C=O) groups is 2. The van der Waals surface area contributed by atoms with E-state index in [4.69, 9.17) is 9.52 Å². The van der Waals surface area contributed by atoms with Crippen molar-refractivity contribution in [1.29, 1.82) is 0 Å². The first-order valence-electron chi connectivity index (χ1n) is 4.71. The fourth-order valence-corrected chi connectivity index (χ4v) is 1.09. The van der Waals surface area contributed by atoms with E-state index in [0.29, 0.717) is 18.8 Å². The number of rotatable bonds is 6. The monoisotopic (exact) mass is 227 g/mol. The molecule has 16 heavy (non-hydrogen) atoms. The van der Waals surface area contributed by atoms with Crippen LogP contribution in [0.15, 0.2) is 16.7 Å². The Morgan fingerprint density at radius 1 is 1.56 bits per heavy atom. The Bertz CT molecular complexity index is 371. The van der Waals surface area contributed by atoms with Gasteiger partial charge in [-0.3, -0.25) is 4.79 Å². The van der Waals surface area contributed by atoms with Crippen LogP contribution in [0.25, 0.3) is 0 Å². The zero-order chi connectivity index (χ0) is 12.0. The van der Waals surface area contributed by atoms with Gasteiger partial charge in [-0.15, -0.1) is 0 Å². The number of aromatic carboxylic acids is 1. The molecule has 0 unspecified atom stereocenters. The molecule has 1 heterocycles. The van der Waals surface area contributed by atoms with E-state index in [2.05, 4.69) is 10.1 Å². The van der Waals surface area contributed by atoms with E-state index in [0.717, 1.165) is 0 Å². The summed E-state index contributed by atoms with van der Waals surface area (Å²) in [7, 11) is 1.33. The van der Waals surface area contributed by atoms with Gasteiger partial charge in [0.1, 0.15) is 12.0 Å². The maximum absolute atomic E-state index is 10.8. The Balaban J connectivity index is 2.27. The van der Waals surface area contributed by atoms with E-state index in [1.807, 2.05) is 0 Å². The number of ether oxygens (including phenoxy) is 1. The SMILES string of the molecule is COC(=O)CCNCc1cc(C(=O)O)co1. The largest absolute Gasteiger partial charge is 0.478 e. The molecule has 0 saturated heterocycles. The predicted molar refractivity (Wildman–Crippen MR) is 54.0 cm³/mol. The number of hydrogen-bond acceptors (Lipinski definition) is 5. The zero-order valence-corrected chi connectivity index (χ0v) is 8.86. The summed E-state index contributed by atoms with van der Waals surface area (Å²) in [6, 6.07) is 1.44. The van der Waals surface area contributed by atoms with Crippen LogP contribution in [0.4, 0.5) is 0 Å². The number of hydrogen-bond donors (Lipinski definition) is 2. The highest BCUT2D eigenvalue weighted by molar-refractivity contribution is 5.87. The number of carboxylic acid groups (broad SMARTS) is 1. The topological polar surface area (TPSA) is 88.8 Å². The van der Waals surface area contributed by atoms with Crippen molar-refractivity contribution >= 4 is 11.9 Å². The van der Waals surface area contributed by atoms with Crippen LogP contribution in [0.5, 0.6) is 0 Å². The van der Waals surface area contributed by atoms with Crippen molar-refractivity contribution in [2.45, 2.75) is 13.0 Å². The summed E-state index contributed by atoms with van der Waals surface area (Å²) in [6.45, 7) is 0.833. The molecule has 1 rings (SSSR count). The molecule has 0 saturated carbocycles. The van der Waals surface area contributed by atoms with E-state index < -0.39 is 5.97 Å². The molecule has 2 N–H and O–H groups in total. The van der Waals surface area contributed by atoms with E-state index in [9.17, 15) is 9.59 Å². The minimum atomic E-state index is -1.02. The minimum absolute atomic E-state index is 0.116. The molecule has 0 spiro atoms. The second-order valence-corrected chi connectivity index (χ2v) is 3.11. The second kappa shape index (κ2) is 5.92. The molecule has 6 heteroatoms. The maximum Gasteiger partial charge on any atom is 0.338 e. The van der Waals surface area contributed by atoms with Gasteiger partial charge < -0.3 is 19.6 Å². The fourth-order valence-electron chi connectivity index (χ4n) is 1.09. The Morgan fingerprint density at radius 2 is 2.31 bits per heavy atom. The van der Waals surface area contributed by atoms with Crippen molar-refractivity contribution < 1.29 is 23.8 Å². The van der Waals surface area contributed by atoms with Crippen LogP contribution in [-0.2, 0) is 16.1 Å². The van der Waals surface area contributed by atoms with Gasteiger partial charge in [0, 0.05) is 6.54 Å². The Labute approximate surface area is 92.2 Å². The first-order chi connectivity index (χ1) is 7.63. The zero-order valence-electron chi connectivity index (χ0n) is 8.86. The van der Waals surface area contributed by atoms with Crippen LogP contribution >= 0.6 is 0 Å². The maximum atomic E-state index is 10.8. The third-order valence-electron chi connectivity index (χ3n) is 1.93. The fraction of sp³-hybridized carbons (Fsp3) is 0.400. The van der Waals surface area contributed by atoms with Crippen molar-refractivity contribution in [3.8, 4) is 0 Å². The van der Waals surface area contributed by atoms with Crippen LogP contribution in [0, 0.1) is 0 Å². The molecule has 0 aromatic carbocycles. The number of methoxy groups -OCH3 is 1. The van der Waals surface area contributed by atoms with Gasteiger partial charge in [-0.2, -0.15) is 0 Å². The standard InChI is InChI=1S/C10H13NO5/c1-15-9(12)2-3-11-5-8-4-7(6-16-8)10(13)14/h4,6,11H,2-3,5H2,1H3,(H,13,14). The molecule has 0 radical (unpaired) electrons. The Hall–Kier alpha value is -1.82. The summed E-state index contributed by atoms with van der Waals surface area (Å²) >= 11 is 0. The van der Waals surface area contributed by atoms with Gasteiger partial charge >= 0.3 is 11.9 Å². The second-order valence-electron chi connectivity index (χ2n) is 3.11. The molecule has 1 aromatic rings. The summed E-state index contributed by atoms with van der Waals surface area (Å²) in [6.07, 6.45) is 1.45. The number of furan rings is 1. The first-order valence-corrected chi connectivity index (χ1v) is 4.71. The lowest BCUT2D eigenvalue weighted by Gasteiger charge is -2.00.